The van der Waals surface area contributed by atoms with Crippen molar-refractivity contribution in [1.82, 2.24) is 0 Å². The van der Waals surface area contributed by atoms with Crippen LogP contribution < -0.4 is 0 Å². The van der Waals surface area contributed by atoms with E-state index in [1.165, 1.54) is 38.5 Å². The van der Waals surface area contributed by atoms with Gasteiger partial charge in [0.1, 0.15) is 0 Å². The lowest BCUT2D eigenvalue weighted by Gasteiger charge is -2.03. The molecular weight excluding hydrogens is 200 g/mol. The van der Waals surface area contributed by atoms with Crippen LogP contribution in [0.15, 0.2) is 12.7 Å². The maximum atomic E-state index is 10.8. The number of esters is 1. The van der Waals surface area contributed by atoms with E-state index in [4.69, 9.17) is 4.74 Å². The van der Waals surface area contributed by atoms with Crippen molar-refractivity contribution in [3.8, 4) is 0 Å². The van der Waals surface area contributed by atoms with E-state index in [9.17, 15) is 4.79 Å². The second-order valence-electron chi connectivity index (χ2n) is 4.13. The molecule has 0 aliphatic rings. The molecule has 0 N–H and O–H groups in total. The van der Waals surface area contributed by atoms with Gasteiger partial charge in [0, 0.05) is 6.42 Å². The average molecular weight is 226 g/mol. The molecule has 0 aromatic carbocycles. The highest BCUT2D eigenvalue weighted by molar-refractivity contribution is 5.68. The lowest BCUT2D eigenvalue weighted by molar-refractivity contribution is -0.143. The molecule has 2 heteroatoms. The summed E-state index contributed by atoms with van der Waals surface area (Å²) in [6.07, 6.45) is 12.3. The molecule has 0 amide bonds. The summed E-state index contributed by atoms with van der Waals surface area (Å²) in [6, 6.07) is 0. The zero-order valence-corrected chi connectivity index (χ0v) is 10.7. The van der Waals surface area contributed by atoms with Crippen LogP contribution in [0, 0.1) is 0 Å². The highest BCUT2D eigenvalue weighted by Gasteiger charge is 1.97. The van der Waals surface area contributed by atoms with E-state index in [2.05, 4.69) is 6.58 Å². The highest BCUT2D eigenvalue weighted by atomic mass is 16.5. The summed E-state index contributed by atoms with van der Waals surface area (Å²) in [5.74, 6) is -0.0792. The largest absolute Gasteiger partial charge is 0.466 e. The minimum atomic E-state index is -0.0792. The summed E-state index contributed by atoms with van der Waals surface area (Å²) in [5, 5.41) is 0. The molecule has 0 atom stereocenters. The second kappa shape index (κ2) is 12.3. The number of hydrogen-bond acceptors (Lipinski definition) is 2. The minimum Gasteiger partial charge on any atom is -0.466 e. The predicted octanol–water partition coefficient (Wildman–Crippen LogP) is 4.25. The van der Waals surface area contributed by atoms with Crippen molar-refractivity contribution in [2.45, 2.75) is 64.7 Å². The van der Waals surface area contributed by atoms with E-state index >= 15 is 0 Å². The van der Waals surface area contributed by atoms with Gasteiger partial charge in [0.25, 0.3) is 0 Å². The van der Waals surface area contributed by atoms with Gasteiger partial charge in [0.05, 0.1) is 6.61 Å². The Morgan fingerprint density at radius 2 is 1.62 bits per heavy atom. The number of carbonyl (C=O) groups is 1. The first-order valence-corrected chi connectivity index (χ1v) is 6.57. The molecule has 0 aliphatic carbocycles. The average Bonchev–Trinajstić information content (AvgIpc) is 2.31. The normalized spacial score (nSPS) is 10.1. The molecule has 0 aromatic heterocycles. The Labute approximate surface area is 100 Å². The fourth-order valence-electron chi connectivity index (χ4n) is 1.56. The third-order valence-corrected chi connectivity index (χ3v) is 2.60. The molecule has 16 heavy (non-hydrogen) atoms. The van der Waals surface area contributed by atoms with E-state index in [0.717, 1.165) is 12.8 Å². The van der Waals surface area contributed by atoms with Crippen molar-refractivity contribution < 1.29 is 9.53 Å². The van der Waals surface area contributed by atoms with Gasteiger partial charge in [-0.25, -0.2) is 0 Å². The van der Waals surface area contributed by atoms with Crippen LogP contribution in [0.5, 0.6) is 0 Å². The van der Waals surface area contributed by atoms with Gasteiger partial charge in [-0.2, -0.15) is 0 Å². The summed E-state index contributed by atoms with van der Waals surface area (Å²) in [5.41, 5.74) is 0. The Bertz CT molecular complexity index is 176. The standard InChI is InChI=1S/C14H26O2/c1-3-5-6-7-8-9-10-11-12-13-16-14(15)4-2/h3H,1,4-13H2,2H3. The monoisotopic (exact) mass is 226 g/mol. The molecule has 0 saturated heterocycles. The van der Waals surface area contributed by atoms with Crippen molar-refractivity contribution in [3.63, 3.8) is 0 Å². The Morgan fingerprint density at radius 1 is 1.06 bits per heavy atom. The van der Waals surface area contributed by atoms with Crippen molar-refractivity contribution in [1.29, 1.82) is 0 Å². The molecule has 0 heterocycles. The predicted molar refractivity (Wildman–Crippen MR) is 68.4 cm³/mol. The number of hydrogen-bond donors (Lipinski definition) is 0. The molecule has 0 fully saturated rings. The summed E-state index contributed by atoms with van der Waals surface area (Å²) in [4.78, 5) is 10.8. The van der Waals surface area contributed by atoms with Crippen LogP contribution in [0.25, 0.3) is 0 Å². The Morgan fingerprint density at radius 3 is 2.19 bits per heavy atom. The number of ether oxygens (including phenoxy) is 1. The molecule has 0 unspecified atom stereocenters. The van der Waals surface area contributed by atoms with Gasteiger partial charge in [-0.3, -0.25) is 4.79 Å². The maximum Gasteiger partial charge on any atom is 0.305 e. The summed E-state index contributed by atoms with van der Waals surface area (Å²) in [6.45, 7) is 6.13. The zero-order valence-electron chi connectivity index (χ0n) is 10.7. The van der Waals surface area contributed by atoms with Gasteiger partial charge in [-0.15, -0.1) is 6.58 Å². The van der Waals surface area contributed by atoms with E-state index in [1.807, 2.05) is 13.0 Å². The summed E-state index contributed by atoms with van der Waals surface area (Å²) in [7, 11) is 0. The fourth-order valence-corrected chi connectivity index (χ4v) is 1.56. The Hall–Kier alpha value is -0.790. The van der Waals surface area contributed by atoms with Gasteiger partial charge >= 0.3 is 5.97 Å². The van der Waals surface area contributed by atoms with E-state index in [-0.39, 0.29) is 5.97 Å². The lowest BCUT2D eigenvalue weighted by atomic mass is 10.1. The van der Waals surface area contributed by atoms with Crippen LogP contribution in [0.4, 0.5) is 0 Å². The first-order chi connectivity index (χ1) is 7.81. The van der Waals surface area contributed by atoms with E-state index in [1.54, 1.807) is 0 Å². The molecular formula is C14H26O2. The van der Waals surface area contributed by atoms with Crippen LogP contribution in [-0.4, -0.2) is 12.6 Å². The molecule has 0 rings (SSSR count). The summed E-state index contributed by atoms with van der Waals surface area (Å²) < 4.78 is 5.00. The van der Waals surface area contributed by atoms with Crippen LogP contribution in [0.2, 0.25) is 0 Å². The smallest absolute Gasteiger partial charge is 0.305 e. The topological polar surface area (TPSA) is 26.3 Å². The van der Waals surface area contributed by atoms with Crippen LogP contribution in [-0.2, 0) is 9.53 Å². The minimum absolute atomic E-state index is 0.0792. The Balaban J connectivity index is 2.98. The fraction of sp³-hybridized carbons (Fsp3) is 0.786. The third-order valence-electron chi connectivity index (χ3n) is 2.60. The molecule has 0 radical (unpaired) electrons. The first-order valence-electron chi connectivity index (χ1n) is 6.57. The van der Waals surface area contributed by atoms with Gasteiger partial charge in [-0.05, 0) is 19.3 Å². The van der Waals surface area contributed by atoms with Gasteiger partial charge in [-0.1, -0.05) is 45.1 Å². The van der Waals surface area contributed by atoms with Crippen molar-refractivity contribution >= 4 is 5.97 Å². The Kier molecular flexibility index (Phi) is 11.7. The van der Waals surface area contributed by atoms with Gasteiger partial charge in [0.2, 0.25) is 0 Å². The number of unbranched alkanes of at least 4 members (excludes halogenated alkanes) is 7. The van der Waals surface area contributed by atoms with Crippen LogP contribution >= 0.6 is 0 Å². The molecule has 0 aromatic rings. The molecule has 0 bridgehead atoms. The first kappa shape index (κ1) is 15.2. The van der Waals surface area contributed by atoms with Crippen LogP contribution in [0.1, 0.15) is 64.7 Å². The molecule has 0 spiro atoms. The molecule has 0 saturated carbocycles. The second-order valence-corrected chi connectivity index (χ2v) is 4.13. The van der Waals surface area contributed by atoms with Crippen molar-refractivity contribution in [2.75, 3.05) is 6.61 Å². The molecule has 2 nitrogen and oxygen atoms in total. The molecule has 0 aliphatic heterocycles. The molecule has 94 valence electrons. The third kappa shape index (κ3) is 11.3. The summed E-state index contributed by atoms with van der Waals surface area (Å²) >= 11 is 0. The lowest BCUT2D eigenvalue weighted by Crippen LogP contribution is -2.03. The quantitative estimate of drug-likeness (QED) is 0.299. The van der Waals surface area contributed by atoms with E-state index in [0.29, 0.717) is 13.0 Å². The van der Waals surface area contributed by atoms with Crippen molar-refractivity contribution in [3.05, 3.63) is 12.7 Å². The number of allylic oxidation sites excluding steroid dienone is 1. The van der Waals surface area contributed by atoms with Crippen LogP contribution in [0.3, 0.4) is 0 Å². The number of carbonyl (C=O) groups excluding carboxylic acids is 1. The van der Waals surface area contributed by atoms with Gasteiger partial charge in [0.15, 0.2) is 0 Å². The maximum absolute atomic E-state index is 10.8. The van der Waals surface area contributed by atoms with E-state index < -0.39 is 0 Å². The SMILES string of the molecule is C=CCCCCCCCCCOC(=O)CC. The van der Waals surface area contributed by atoms with Crippen molar-refractivity contribution in [2.24, 2.45) is 0 Å². The van der Waals surface area contributed by atoms with Gasteiger partial charge < -0.3 is 4.74 Å². The number of rotatable bonds is 11. The zero-order chi connectivity index (χ0) is 12.1. The highest BCUT2D eigenvalue weighted by Crippen LogP contribution is 2.08.